The Balaban J connectivity index is 1.19. The minimum atomic E-state index is -4.72. The number of piperidine rings is 1. The number of carboxylic acid groups (broad SMARTS) is 1. The molecule has 0 radical (unpaired) electrons. The van der Waals surface area contributed by atoms with Gasteiger partial charge in [-0.05, 0) is 53.3 Å². The molecule has 4 heterocycles. The minimum Gasteiger partial charge on any atom is -0.480 e. The number of carbonyl (C=O) groups is 1. The van der Waals surface area contributed by atoms with Gasteiger partial charge in [-0.25, -0.2) is 0 Å². The molecule has 2 saturated heterocycles. The van der Waals surface area contributed by atoms with Crippen LogP contribution in [-0.4, -0.2) is 57.9 Å². The summed E-state index contributed by atoms with van der Waals surface area (Å²) in [5.41, 5.74) is 7.32. The van der Waals surface area contributed by atoms with E-state index in [2.05, 4.69) is 20.3 Å². The average Bonchev–Trinajstić information content (AvgIpc) is 3.39. The largest absolute Gasteiger partial charge is 0.480 e. The van der Waals surface area contributed by atoms with Crippen LogP contribution in [0.3, 0.4) is 0 Å². The number of aromatic nitrogens is 3. The van der Waals surface area contributed by atoms with Crippen molar-refractivity contribution in [3.8, 4) is 17.0 Å². The Hall–Kier alpha value is -4.45. The summed E-state index contributed by atoms with van der Waals surface area (Å²) in [6.45, 7) is 1.72. The molecule has 2 aliphatic heterocycles. The van der Waals surface area contributed by atoms with E-state index in [0.29, 0.717) is 31.9 Å². The Kier molecular flexibility index (Phi) is 7.09. The molecule has 2 aromatic heterocycles. The molecule has 4 aromatic rings. The minimum absolute atomic E-state index is 0.0726. The molecule has 2 aliphatic rings. The number of fused-ring (bicyclic) bond motifs is 1. The molecule has 1 spiro atoms. The van der Waals surface area contributed by atoms with Crippen molar-refractivity contribution in [2.75, 3.05) is 30.3 Å². The summed E-state index contributed by atoms with van der Waals surface area (Å²) in [5.74, 6) is -0.962. The number of aliphatic carboxylic acids is 1. The summed E-state index contributed by atoms with van der Waals surface area (Å²) in [6.07, 6.45) is -1.56. The van der Waals surface area contributed by atoms with Crippen LogP contribution >= 0.6 is 0 Å². The summed E-state index contributed by atoms with van der Waals surface area (Å²) in [7, 11) is 0. The van der Waals surface area contributed by atoms with Gasteiger partial charge in [0.1, 0.15) is 11.9 Å². The van der Waals surface area contributed by atoms with Gasteiger partial charge in [0.25, 0.3) is 0 Å². The van der Waals surface area contributed by atoms with Crippen molar-refractivity contribution in [1.82, 2.24) is 20.3 Å². The number of hydrogen-bond donors (Lipinski definition) is 3. The zero-order chi connectivity index (χ0) is 29.5. The number of pyridine rings is 1. The molecule has 42 heavy (non-hydrogen) atoms. The number of alkyl halides is 3. The lowest BCUT2D eigenvalue weighted by atomic mass is 9.76. The van der Waals surface area contributed by atoms with Gasteiger partial charge in [0.05, 0.1) is 0 Å². The van der Waals surface area contributed by atoms with Gasteiger partial charge in [0, 0.05) is 49.0 Å². The fourth-order valence-corrected chi connectivity index (χ4v) is 5.89. The highest BCUT2D eigenvalue weighted by molar-refractivity contribution is 5.86. The third-order valence-corrected chi connectivity index (χ3v) is 8.24. The molecule has 2 atom stereocenters. The molecule has 218 valence electrons. The molecule has 2 aromatic carbocycles. The Morgan fingerprint density at radius 2 is 1.79 bits per heavy atom. The van der Waals surface area contributed by atoms with Crippen molar-refractivity contribution in [3.63, 3.8) is 0 Å². The van der Waals surface area contributed by atoms with Crippen molar-refractivity contribution in [1.29, 1.82) is 0 Å². The standard InChI is InChI=1S/C30H29F3N6O3/c31-30(32,33)26(19-3-1-18(2-4-19)20-5-6-22-16-35-10-7-21(22)13-20)42-25-14-24(37-28(34)38-25)39-11-8-29(9-12-39)15-23(27(40)41)36-17-29/h1-7,10,13-14,16,23,26,36H,8-9,11-12,15,17H2,(H,40,41)(H2,34,37,38)/t23-,26+/m0/s1. The lowest BCUT2D eigenvalue weighted by Crippen LogP contribution is -2.41. The van der Waals surface area contributed by atoms with Crippen LogP contribution in [0.25, 0.3) is 21.9 Å². The molecule has 2 fully saturated rings. The molecule has 0 bridgehead atoms. The summed E-state index contributed by atoms with van der Waals surface area (Å²) in [4.78, 5) is 25.6. The van der Waals surface area contributed by atoms with E-state index in [-0.39, 0.29) is 22.8 Å². The first-order chi connectivity index (χ1) is 20.1. The third kappa shape index (κ3) is 5.67. The molecule has 0 amide bonds. The second-order valence-corrected chi connectivity index (χ2v) is 11.0. The van der Waals surface area contributed by atoms with Crippen LogP contribution in [0.2, 0.25) is 0 Å². The zero-order valence-corrected chi connectivity index (χ0v) is 22.5. The molecule has 9 nitrogen and oxygen atoms in total. The number of hydrogen-bond acceptors (Lipinski definition) is 8. The van der Waals surface area contributed by atoms with E-state index in [0.717, 1.165) is 34.7 Å². The number of nitrogens with one attached hydrogen (secondary N) is 1. The van der Waals surface area contributed by atoms with Crippen molar-refractivity contribution in [3.05, 3.63) is 72.6 Å². The first-order valence-electron chi connectivity index (χ1n) is 13.6. The second kappa shape index (κ2) is 10.8. The number of rotatable bonds is 6. The summed E-state index contributed by atoms with van der Waals surface area (Å²) < 4.78 is 48.2. The number of nitrogen functional groups attached to an aromatic ring is 1. The van der Waals surface area contributed by atoms with Gasteiger partial charge in [-0.1, -0.05) is 36.4 Å². The fraction of sp³-hybridized carbons (Fsp3) is 0.333. The van der Waals surface area contributed by atoms with Crippen LogP contribution in [0.5, 0.6) is 5.88 Å². The number of anilines is 2. The highest BCUT2D eigenvalue weighted by atomic mass is 19.4. The number of nitrogens with two attached hydrogens (primary N) is 1. The quantitative estimate of drug-likeness (QED) is 0.290. The van der Waals surface area contributed by atoms with E-state index in [4.69, 9.17) is 10.5 Å². The Morgan fingerprint density at radius 1 is 1.05 bits per heavy atom. The summed E-state index contributed by atoms with van der Waals surface area (Å²) in [6, 6.07) is 14.5. The SMILES string of the molecule is Nc1nc(O[C@H](c2ccc(-c3ccc4cnccc4c3)cc2)C(F)(F)F)cc(N2CCC3(CC2)CN[C@H](C(=O)O)C3)n1. The Morgan fingerprint density at radius 3 is 2.48 bits per heavy atom. The first kappa shape index (κ1) is 27.7. The molecule has 0 unspecified atom stereocenters. The summed E-state index contributed by atoms with van der Waals surface area (Å²) >= 11 is 0. The molecule has 12 heteroatoms. The average molecular weight is 579 g/mol. The molecule has 6 rings (SSSR count). The highest BCUT2D eigenvalue weighted by Gasteiger charge is 2.45. The van der Waals surface area contributed by atoms with E-state index >= 15 is 0 Å². The lowest BCUT2D eigenvalue weighted by Gasteiger charge is -2.39. The van der Waals surface area contributed by atoms with Crippen LogP contribution < -0.4 is 20.7 Å². The number of ether oxygens (including phenoxy) is 1. The van der Waals surface area contributed by atoms with Crippen LogP contribution in [0.15, 0.2) is 67.0 Å². The smallest absolute Gasteiger partial charge is 0.429 e. The van der Waals surface area contributed by atoms with Gasteiger partial charge in [-0.2, -0.15) is 23.1 Å². The van der Waals surface area contributed by atoms with Crippen LogP contribution in [-0.2, 0) is 4.79 Å². The summed E-state index contributed by atoms with van der Waals surface area (Å²) in [5, 5.41) is 14.3. The zero-order valence-electron chi connectivity index (χ0n) is 22.5. The number of carboxylic acids is 1. The topological polar surface area (TPSA) is 126 Å². The van der Waals surface area contributed by atoms with Gasteiger partial charge in [0.2, 0.25) is 17.9 Å². The number of benzene rings is 2. The monoisotopic (exact) mass is 578 g/mol. The van der Waals surface area contributed by atoms with Crippen LogP contribution in [0, 0.1) is 5.41 Å². The molecular formula is C30H29F3N6O3. The normalized spacial score (nSPS) is 19.2. The van der Waals surface area contributed by atoms with E-state index in [1.165, 1.54) is 18.2 Å². The van der Waals surface area contributed by atoms with Crippen LogP contribution in [0.4, 0.5) is 24.9 Å². The Bertz CT molecular complexity index is 1610. The van der Waals surface area contributed by atoms with E-state index in [9.17, 15) is 23.1 Å². The van der Waals surface area contributed by atoms with E-state index < -0.39 is 24.3 Å². The molecule has 0 aliphatic carbocycles. The van der Waals surface area contributed by atoms with Crippen molar-refractivity contribution >= 4 is 28.5 Å². The first-order valence-corrected chi connectivity index (χ1v) is 13.6. The predicted molar refractivity (Wildman–Crippen MR) is 151 cm³/mol. The highest BCUT2D eigenvalue weighted by Crippen LogP contribution is 2.41. The maximum absolute atomic E-state index is 14.2. The number of nitrogens with zero attached hydrogens (tertiary/aromatic N) is 4. The third-order valence-electron chi connectivity index (χ3n) is 8.24. The van der Waals surface area contributed by atoms with Gasteiger partial charge < -0.3 is 25.8 Å². The molecular weight excluding hydrogens is 549 g/mol. The Labute approximate surface area is 239 Å². The maximum Gasteiger partial charge on any atom is 0.429 e. The van der Waals surface area contributed by atoms with E-state index in [1.54, 1.807) is 24.5 Å². The fourth-order valence-electron chi connectivity index (χ4n) is 5.89. The molecule has 0 saturated carbocycles. The van der Waals surface area contributed by atoms with Gasteiger partial charge >= 0.3 is 12.1 Å². The van der Waals surface area contributed by atoms with Crippen molar-refractivity contribution in [2.45, 2.75) is 37.6 Å². The predicted octanol–water partition coefficient (Wildman–Crippen LogP) is 4.99. The van der Waals surface area contributed by atoms with E-state index in [1.807, 2.05) is 29.2 Å². The maximum atomic E-state index is 14.2. The van der Waals surface area contributed by atoms with Gasteiger partial charge in [-0.15, -0.1) is 0 Å². The van der Waals surface area contributed by atoms with Gasteiger partial charge in [-0.3, -0.25) is 9.78 Å². The van der Waals surface area contributed by atoms with Crippen molar-refractivity contribution in [2.24, 2.45) is 5.41 Å². The van der Waals surface area contributed by atoms with Crippen LogP contribution in [0.1, 0.15) is 30.9 Å². The molecule has 4 N–H and O–H groups in total. The van der Waals surface area contributed by atoms with Gasteiger partial charge in [0.15, 0.2) is 0 Å². The van der Waals surface area contributed by atoms with Crippen molar-refractivity contribution < 1.29 is 27.8 Å². The number of halogens is 3. The second-order valence-electron chi connectivity index (χ2n) is 11.0. The lowest BCUT2D eigenvalue weighted by molar-refractivity contribution is -0.198.